The highest BCUT2D eigenvalue weighted by Gasteiger charge is 2.34. The topological polar surface area (TPSA) is 67.1 Å². The number of nitrogens with one attached hydrogen (secondary N) is 1. The van der Waals surface area contributed by atoms with Crippen LogP contribution in [0.1, 0.15) is 38.5 Å². The first-order valence-corrected chi connectivity index (χ1v) is 8.70. The summed E-state index contributed by atoms with van der Waals surface area (Å²) < 4.78 is 0. The second-order valence-electron chi connectivity index (χ2n) is 5.69. The molecule has 2 fully saturated rings. The Hall–Kier alpha value is -1.01. The molecule has 2 atom stereocenters. The van der Waals surface area contributed by atoms with Crippen LogP contribution in [0.25, 0.3) is 0 Å². The van der Waals surface area contributed by atoms with Crippen molar-refractivity contribution >= 4 is 23.4 Å². The first kappa shape index (κ1) is 13.9. The number of aromatic nitrogens is 2. The summed E-state index contributed by atoms with van der Waals surface area (Å²) in [4.78, 5) is 11.6. The Morgan fingerprint density at radius 1 is 1.25 bits per heavy atom. The highest BCUT2D eigenvalue weighted by molar-refractivity contribution is 7.98. The van der Waals surface area contributed by atoms with Gasteiger partial charge in [-0.05, 0) is 37.9 Å². The Balaban J connectivity index is 1.90. The summed E-state index contributed by atoms with van der Waals surface area (Å²) in [5.74, 6) is 8.12. The van der Waals surface area contributed by atoms with Crippen LogP contribution in [-0.4, -0.2) is 28.8 Å². The highest BCUT2D eigenvalue weighted by Crippen LogP contribution is 2.37. The summed E-state index contributed by atoms with van der Waals surface area (Å²) >= 11 is 1.56. The third kappa shape index (κ3) is 2.72. The van der Waals surface area contributed by atoms with Crippen molar-refractivity contribution < 1.29 is 0 Å². The lowest BCUT2D eigenvalue weighted by Gasteiger charge is -2.44. The van der Waals surface area contributed by atoms with E-state index in [4.69, 9.17) is 10.8 Å². The molecule has 1 aromatic heterocycles. The molecule has 3 rings (SSSR count). The smallest absolute Gasteiger partial charge is 0.191 e. The molecular weight excluding hydrogens is 270 g/mol. The van der Waals surface area contributed by atoms with Gasteiger partial charge in [0.15, 0.2) is 5.16 Å². The van der Waals surface area contributed by atoms with Crippen LogP contribution in [-0.2, 0) is 0 Å². The molecule has 0 bridgehead atoms. The quantitative estimate of drug-likeness (QED) is 0.386. The lowest BCUT2D eigenvalue weighted by atomic mass is 9.78. The van der Waals surface area contributed by atoms with Crippen LogP contribution in [0.4, 0.5) is 11.6 Å². The van der Waals surface area contributed by atoms with E-state index in [1.807, 2.05) is 12.3 Å². The van der Waals surface area contributed by atoms with Gasteiger partial charge in [0.25, 0.3) is 0 Å². The van der Waals surface area contributed by atoms with Crippen LogP contribution in [0.5, 0.6) is 0 Å². The number of nitrogens with zero attached hydrogens (tertiary/aromatic N) is 3. The number of hydrogen-bond acceptors (Lipinski definition) is 6. The molecule has 0 amide bonds. The van der Waals surface area contributed by atoms with Gasteiger partial charge in [-0.25, -0.2) is 15.8 Å². The number of piperidine rings is 1. The number of nitrogen functional groups attached to an aromatic ring is 1. The maximum Gasteiger partial charge on any atom is 0.191 e. The van der Waals surface area contributed by atoms with Crippen molar-refractivity contribution in [3.8, 4) is 0 Å². The largest absolute Gasteiger partial charge is 0.353 e. The first-order valence-electron chi connectivity index (χ1n) is 7.48. The minimum absolute atomic E-state index is 0.660. The van der Waals surface area contributed by atoms with Gasteiger partial charge in [0.05, 0.1) is 0 Å². The molecule has 3 N–H and O–H groups in total. The van der Waals surface area contributed by atoms with Crippen molar-refractivity contribution in [1.82, 2.24) is 9.97 Å². The van der Waals surface area contributed by atoms with Crippen LogP contribution >= 0.6 is 11.8 Å². The summed E-state index contributed by atoms with van der Waals surface area (Å²) in [5, 5.41) is 0.786. The molecule has 1 aliphatic heterocycles. The second-order valence-corrected chi connectivity index (χ2v) is 6.46. The molecule has 5 nitrogen and oxygen atoms in total. The molecule has 0 spiro atoms. The minimum atomic E-state index is 0.660. The van der Waals surface area contributed by atoms with E-state index in [-0.39, 0.29) is 0 Å². The normalized spacial score (nSPS) is 26.2. The third-order valence-corrected chi connectivity index (χ3v) is 5.11. The standard InChI is InChI=1S/C14H23N5S/c1-20-14-16-12(18-15)9-13(17-14)19-8-4-6-10-5-2-3-7-11(10)19/h9-11H,2-8,15H2,1H3,(H,16,17,18). The predicted molar refractivity (Wildman–Crippen MR) is 83.9 cm³/mol. The van der Waals surface area contributed by atoms with Crippen molar-refractivity contribution in [3.63, 3.8) is 0 Å². The minimum Gasteiger partial charge on any atom is -0.353 e. The van der Waals surface area contributed by atoms with Crippen LogP contribution in [0.2, 0.25) is 0 Å². The number of fused-ring (bicyclic) bond motifs is 1. The molecule has 1 aromatic rings. The average Bonchev–Trinajstić information content (AvgIpc) is 2.53. The summed E-state index contributed by atoms with van der Waals surface area (Å²) in [7, 11) is 0. The first-order chi connectivity index (χ1) is 9.81. The number of rotatable bonds is 3. The SMILES string of the molecule is CSc1nc(NN)cc(N2CCCC3CCCCC32)n1. The fraction of sp³-hybridized carbons (Fsp3) is 0.714. The van der Waals surface area contributed by atoms with Crippen LogP contribution < -0.4 is 16.2 Å². The Morgan fingerprint density at radius 2 is 2.05 bits per heavy atom. The number of hydrogen-bond donors (Lipinski definition) is 2. The molecule has 0 radical (unpaired) electrons. The van der Waals surface area contributed by atoms with Gasteiger partial charge in [-0.3, -0.25) is 0 Å². The number of nitrogens with two attached hydrogens (primary N) is 1. The van der Waals surface area contributed by atoms with Gasteiger partial charge < -0.3 is 10.3 Å². The zero-order valence-corrected chi connectivity index (χ0v) is 12.8. The zero-order valence-electron chi connectivity index (χ0n) is 12.0. The Bertz CT molecular complexity index is 443. The van der Waals surface area contributed by atoms with Gasteiger partial charge in [-0.15, -0.1) is 0 Å². The van der Waals surface area contributed by atoms with E-state index in [1.54, 1.807) is 11.8 Å². The number of anilines is 2. The summed E-state index contributed by atoms with van der Waals surface area (Å²) in [6.07, 6.45) is 10.1. The fourth-order valence-electron chi connectivity index (χ4n) is 3.63. The van der Waals surface area contributed by atoms with Crippen molar-refractivity contribution in [2.45, 2.75) is 49.7 Å². The fourth-order valence-corrected chi connectivity index (χ4v) is 4.01. The molecule has 1 aliphatic carbocycles. The molecule has 2 unspecified atom stereocenters. The van der Waals surface area contributed by atoms with E-state index in [9.17, 15) is 0 Å². The van der Waals surface area contributed by atoms with Gasteiger partial charge in [0.2, 0.25) is 0 Å². The van der Waals surface area contributed by atoms with Crippen molar-refractivity contribution in [2.24, 2.45) is 11.8 Å². The lowest BCUT2D eigenvalue weighted by Crippen LogP contribution is -2.47. The number of thioether (sulfide) groups is 1. The molecular formula is C14H23N5S. The van der Waals surface area contributed by atoms with E-state index in [0.717, 1.165) is 23.4 Å². The maximum absolute atomic E-state index is 5.54. The van der Waals surface area contributed by atoms with Gasteiger partial charge in [0, 0.05) is 18.7 Å². The molecule has 1 saturated heterocycles. The van der Waals surface area contributed by atoms with Crippen LogP contribution in [0, 0.1) is 5.92 Å². The molecule has 2 aliphatic rings. The van der Waals surface area contributed by atoms with Gasteiger partial charge >= 0.3 is 0 Å². The Kier molecular flexibility index (Phi) is 4.31. The zero-order chi connectivity index (χ0) is 13.9. The number of hydrazine groups is 1. The highest BCUT2D eigenvalue weighted by atomic mass is 32.2. The maximum atomic E-state index is 5.54. The summed E-state index contributed by atoms with van der Waals surface area (Å²) in [6.45, 7) is 1.11. The van der Waals surface area contributed by atoms with Crippen molar-refractivity contribution in [3.05, 3.63) is 6.07 Å². The molecule has 0 aromatic carbocycles. The molecule has 110 valence electrons. The van der Waals surface area contributed by atoms with Crippen LogP contribution in [0.15, 0.2) is 11.2 Å². The van der Waals surface area contributed by atoms with Crippen molar-refractivity contribution in [1.29, 1.82) is 0 Å². The van der Waals surface area contributed by atoms with Gasteiger partial charge in [0.1, 0.15) is 11.6 Å². The predicted octanol–water partition coefficient (Wildman–Crippen LogP) is 2.64. The molecule has 1 saturated carbocycles. The molecule has 2 heterocycles. The Labute approximate surface area is 124 Å². The van der Waals surface area contributed by atoms with E-state index in [2.05, 4.69) is 15.3 Å². The second kappa shape index (κ2) is 6.18. The third-order valence-electron chi connectivity index (χ3n) is 4.56. The van der Waals surface area contributed by atoms with Gasteiger partial charge in [-0.1, -0.05) is 24.6 Å². The summed E-state index contributed by atoms with van der Waals surface area (Å²) in [5.41, 5.74) is 2.66. The molecule has 20 heavy (non-hydrogen) atoms. The average molecular weight is 293 g/mol. The lowest BCUT2D eigenvalue weighted by molar-refractivity contribution is 0.242. The molecule has 6 heteroatoms. The summed E-state index contributed by atoms with van der Waals surface area (Å²) in [6, 6.07) is 2.64. The van der Waals surface area contributed by atoms with Crippen LogP contribution in [0.3, 0.4) is 0 Å². The van der Waals surface area contributed by atoms with E-state index < -0.39 is 0 Å². The van der Waals surface area contributed by atoms with Gasteiger partial charge in [-0.2, -0.15) is 0 Å². The monoisotopic (exact) mass is 293 g/mol. The van der Waals surface area contributed by atoms with E-state index in [1.165, 1.54) is 38.5 Å². The van der Waals surface area contributed by atoms with E-state index in [0.29, 0.717) is 11.9 Å². The van der Waals surface area contributed by atoms with Crippen molar-refractivity contribution in [2.75, 3.05) is 23.1 Å². The Morgan fingerprint density at radius 3 is 2.85 bits per heavy atom. The van der Waals surface area contributed by atoms with E-state index >= 15 is 0 Å².